The zero-order valence-electron chi connectivity index (χ0n) is 15.5. The van der Waals surface area contributed by atoms with Crippen LogP contribution in [0.4, 0.5) is 0 Å². The highest BCUT2D eigenvalue weighted by molar-refractivity contribution is 8.00. The van der Waals surface area contributed by atoms with Crippen molar-refractivity contribution in [3.63, 3.8) is 0 Å². The summed E-state index contributed by atoms with van der Waals surface area (Å²) in [5.74, 6) is 0.0346. The van der Waals surface area contributed by atoms with Gasteiger partial charge in [-0.15, -0.1) is 11.8 Å². The Bertz CT molecular complexity index is 731. The molecule has 0 aliphatic carbocycles. The molecule has 3 rings (SSSR count). The van der Waals surface area contributed by atoms with Crippen molar-refractivity contribution in [3.8, 4) is 0 Å². The Balaban J connectivity index is 1.44. The smallest absolute Gasteiger partial charge is 0.233 e. The molecule has 0 saturated carbocycles. The fraction of sp³-hybridized carbons (Fsp3) is 0.381. The third-order valence-corrected chi connectivity index (χ3v) is 5.86. The zero-order valence-corrected chi connectivity index (χ0v) is 17.1. The molecule has 4 nitrogen and oxygen atoms in total. The summed E-state index contributed by atoms with van der Waals surface area (Å²) in [4.78, 5) is 15.8. The van der Waals surface area contributed by atoms with E-state index < -0.39 is 0 Å². The lowest BCUT2D eigenvalue weighted by molar-refractivity contribution is -0.120. The molecular formula is C21H25ClN2O2S. The van der Waals surface area contributed by atoms with Gasteiger partial charge in [-0.2, -0.15) is 0 Å². The number of ether oxygens (including phenoxy) is 1. The van der Waals surface area contributed by atoms with Gasteiger partial charge in [0.25, 0.3) is 0 Å². The van der Waals surface area contributed by atoms with E-state index in [1.165, 1.54) is 17.3 Å². The van der Waals surface area contributed by atoms with Gasteiger partial charge >= 0.3 is 0 Å². The molecule has 27 heavy (non-hydrogen) atoms. The third-order valence-electron chi connectivity index (χ3n) is 4.50. The molecule has 1 fully saturated rings. The summed E-state index contributed by atoms with van der Waals surface area (Å²) < 4.78 is 5.38. The van der Waals surface area contributed by atoms with E-state index >= 15 is 0 Å². The zero-order chi connectivity index (χ0) is 19.1. The van der Waals surface area contributed by atoms with Crippen LogP contribution in [0.15, 0.2) is 53.4 Å². The topological polar surface area (TPSA) is 41.6 Å². The molecule has 1 aliphatic rings. The molecule has 0 aromatic heterocycles. The normalized spacial score (nSPS) is 16.1. The first-order valence-corrected chi connectivity index (χ1v) is 10.4. The van der Waals surface area contributed by atoms with Crippen LogP contribution in [0.1, 0.15) is 18.1 Å². The van der Waals surface area contributed by atoms with Crippen molar-refractivity contribution in [2.24, 2.45) is 0 Å². The van der Waals surface area contributed by atoms with Gasteiger partial charge < -0.3 is 10.1 Å². The van der Waals surface area contributed by atoms with Crippen LogP contribution >= 0.6 is 23.4 Å². The maximum atomic E-state index is 12.3. The number of amides is 1. The first-order valence-electron chi connectivity index (χ1n) is 9.18. The van der Waals surface area contributed by atoms with Crippen molar-refractivity contribution in [1.29, 1.82) is 0 Å². The molecule has 0 spiro atoms. The van der Waals surface area contributed by atoms with Crippen molar-refractivity contribution < 1.29 is 9.53 Å². The van der Waals surface area contributed by atoms with Crippen LogP contribution in [0.2, 0.25) is 5.02 Å². The van der Waals surface area contributed by atoms with E-state index in [9.17, 15) is 4.79 Å². The van der Waals surface area contributed by atoms with Crippen molar-refractivity contribution >= 4 is 29.3 Å². The molecule has 1 unspecified atom stereocenters. The van der Waals surface area contributed by atoms with Crippen LogP contribution in [-0.4, -0.2) is 42.4 Å². The molecule has 1 amide bonds. The van der Waals surface area contributed by atoms with Crippen molar-refractivity contribution in [2.75, 3.05) is 26.3 Å². The number of halogens is 1. The lowest BCUT2D eigenvalue weighted by Gasteiger charge is -2.26. The number of hydrogen-bond donors (Lipinski definition) is 1. The Morgan fingerprint density at radius 1 is 1.11 bits per heavy atom. The standard InChI is InChI=1S/C21H25ClN2O2S/c1-16(27-20-8-6-19(22)7-9-20)21(25)23-14-17-2-4-18(5-3-17)15-24-10-12-26-13-11-24/h2-9,16H,10-15H2,1H3,(H,23,25). The van der Waals surface area contributed by atoms with Crippen molar-refractivity contribution in [3.05, 3.63) is 64.7 Å². The summed E-state index contributed by atoms with van der Waals surface area (Å²) in [5, 5.41) is 3.56. The van der Waals surface area contributed by atoms with Crippen molar-refractivity contribution in [2.45, 2.75) is 30.2 Å². The highest BCUT2D eigenvalue weighted by Crippen LogP contribution is 2.24. The number of thioether (sulfide) groups is 1. The SMILES string of the molecule is CC(Sc1ccc(Cl)cc1)C(=O)NCc1ccc(CN2CCOCC2)cc1. The van der Waals surface area contributed by atoms with E-state index in [0.29, 0.717) is 11.6 Å². The van der Waals surface area contributed by atoms with E-state index in [0.717, 1.165) is 43.3 Å². The monoisotopic (exact) mass is 404 g/mol. The molecule has 2 aromatic carbocycles. The number of nitrogens with one attached hydrogen (secondary N) is 1. The van der Waals surface area contributed by atoms with Crippen molar-refractivity contribution in [1.82, 2.24) is 10.2 Å². The lowest BCUT2D eigenvalue weighted by atomic mass is 10.1. The van der Waals surface area contributed by atoms with E-state index in [2.05, 4.69) is 34.5 Å². The van der Waals surface area contributed by atoms with E-state index in [4.69, 9.17) is 16.3 Å². The molecule has 1 atom stereocenters. The minimum atomic E-state index is -0.160. The van der Waals surface area contributed by atoms with Gasteiger partial charge in [-0.25, -0.2) is 0 Å². The second kappa shape index (κ2) is 10.1. The van der Waals surface area contributed by atoms with Crippen LogP contribution in [0.3, 0.4) is 0 Å². The van der Waals surface area contributed by atoms with Crippen LogP contribution in [0.25, 0.3) is 0 Å². The summed E-state index contributed by atoms with van der Waals surface area (Å²) in [6.45, 7) is 7.02. The highest BCUT2D eigenvalue weighted by atomic mass is 35.5. The molecule has 6 heteroatoms. The number of benzene rings is 2. The van der Waals surface area contributed by atoms with Gasteiger partial charge in [0.05, 0.1) is 18.5 Å². The average Bonchev–Trinajstić information content (AvgIpc) is 2.69. The number of hydrogen-bond acceptors (Lipinski definition) is 4. The minimum absolute atomic E-state index is 0.0346. The van der Waals surface area contributed by atoms with Gasteiger partial charge in [0.1, 0.15) is 0 Å². The van der Waals surface area contributed by atoms with Gasteiger partial charge in [-0.05, 0) is 42.3 Å². The Kier molecular flexibility index (Phi) is 7.59. The molecule has 0 bridgehead atoms. The van der Waals surface area contributed by atoms with Gasteiger partial charge in [0.2, 0.25) is 5.91 Å². The summed E-state index contributed by atoms with van der Waals surface area (Å²) in [6, 6.07) is 16.0. The van der Waals surface area contributed by atoms with Crippen LogP contribution in [0, 0.1) is 0 Å². The molecular weight excluding hydrogens is 380 g/mol. The lowest BCUT2D eigenvalue weighted by Crippen LogP contribution is -2.35. The molecule has 1 saturated heterocycles. The third kappa shape index (κ3) is 6.54. The predicted octanol–water partition coefficient (Wildman–Crippen LogP) is 3.97. The van der Waals surface area contributed by atoms with Crippen LogP contribution in [-0.2, 0) is 22.6 Å². The van der Waals surface area contributed by atoms with Gasteiger partial charge in [-0.1, -0.05) is 35.9 Å². The summed E-state index contributed by atoms with van der Waals surface area (Å²) in [6.07, 6.45) is 0. The molecule has 144 valence electrons. The molecule has 0 radical (unpaired) electrons. The van der Waals surface area contributed by atoms with Gasteiger partial charge in [-0.3, -0.25) is 9.69 Å². The van der Waals surface area contributed by atoms with E-state index in [1.54, 1.807) is 0 Å². The number of carbonyl (C=O) groups excluding carboxylic acids is 1. The molecule has 1 N–H and O–H groups in total. The van der Waals surface area contributed by atoms with Gasteiger partial charge in [0, 0.05) is 36.1 Å². The Hall–Kier alpha value is -1.53. The molecule has 1 aliphatic heterocycles. The largest absolute Gasteiger partial charge is 0.379 e. The Morgan fingerprint density at radius 2 is 1.74 bits per heavy atom. The Morgan fingerprint density at radius 3 is 2.41 bits per heavy atom. The number of carbonyl (C=O) groups is 1. The number of rotatable bonds is 7. The Labute approximate surface area is 170 Å². The molecule has 1 heterocycles. The second-order valence-corrected chi connectivity index (χ2v) is 8.49. The highest BCUT2D eigenvalue weighted by Gasteiger charge is 2.14. The van der Waals surface area contributed by atoms with Crippen LogP contribution in [0.5, 0.6) is 0 Å². The second-order valence-electron chi connectivity index (χ2n) is 6.64. The quantitative estimate of drug-likeness (QED) is 0.709. The van der Waals surface area contributed by atoms with E-state index in [-0.39, 0.29) is 11.2 Å². The summed E-state index contributed by atoms with van der Waals surface area (Å²) in [7, 11) is 0. The maximum Gasteiger partial charge on any atom is 0.233 e. The minimum Gasteiger partial charge on any atom is -0.379 e. The molecule has 2 aromatic rings. The van der Waals surface area contributed by atoms with Gasteiger partial charge in [0.15, 0.2) is 0 Å². The maximum absolute atomic E-state index is 12.3. The summed E-state index contributed by atoms with van der Waals surface area (Å²) in [5.41, 5.74) is 2.40. The fourth-order valence-corrected chi connectivity index (χ4v) is 3.90. The summed E-state index contributed by atoms with van der Waals surface area (Å²) >= 11 is 7.43. The van der Waals surface area contributed by atoms with Crippen LogP contribution < -0.4 is 5.32 Å². The van der Waals surface area contributed by atoms with E-state index in [1.807, 2.05) is 31.2 Å². The average molecular weight is 405 g/mol. The number of nitrogens with zero attached hydrogens (tertiary/aromatic N) is 1. The first-order chi connectivity index (χ1) is 13.1. The predicted molar refractivity (Wildman–Crippen MR) is 111 cm³/mol. The number of morpholine rings is 1. The fourth-order valence-electron chi connectivity index (χ4n) is 2.88. The first kappa shape index (κ1) is 20.2.